The summed E-state index contributed by atoms with van der Waals surface area (Å²) in [6.45, 7) is 6.08. The van der Waals surface area contributed by atoms with Gasteiger partial charge in [0.1, 0.15) is 0 Å². The van der Waals surface area contributed by atoms with Crippen LogP contribution in [0.2, 0.25) is 0 Å². The molecule has 2 unspecified atom stereocenters. The van der Waals surface area contributed by atoms with Gasteiger partial charge >= 0.3 is 5.97 Å². The summed E-state index contributed by atoms with van der Waals surface area (Å²) >= 11 is 0. The molecule has 1 heterocycles. The topological polar surface area (TPSA) is 69.8 Å². The SMILES string of the molecule is C[C@@H](OC[C@H](O)CN1CC1(C)CC1Cc2ccccc2C1)c1ccccc1CC(=O)O. The van der Waals surface area contributed by atoms with E-state index in [0.717, 1.165) is 24.1 Å². The summed E-state index contributed by atoms with van der Waals surface area (Å²) in [5, 5.41) is 19.7. The fraction of sp³-hybridized carbons (Fsp3) is 0.500. The van der Waals surface area contributed by atoms with Crippen molar-refractivity contribution in [3.8, 4) is 0 Å². The van der Waals surface area contributed by atoms with Crippen molar-refractivity contribution in [2.24, 2.45) is 5.92 Å². The van der Waals surface area contributed by atoms with Crippen LogP contribution in [0.25, 0.3) is 0 Å². The first-order valence-corrected chi connectivity index (χ1v) is 11.2. The second-order valence-electron chi connectivity index (χ2n) is 9.52. The number of aliphatic hydroxyl groups is 1. The lowest BCUT2D eigenvalue weighted by atomic mass is 9.93. The molecular weight excluding hydrogens is 390 g/mol. The van der Waals surface area contributed by atoms with Crippen molar-refractivity contribution in [1.82, 2.24) is 4.90 Å². The predicted molar refractivity (Wildman–Crippen MR) is 120 cm³/mol. The van der Waals surface area contributed by atoms with Crippen molar-refractivity contribution < 1.29 is 19.7 Å². The number of rotatable bonds is 10. The number of aliphatic carboxylic acids is 1. The number of carboxylic acid groups (broad SMARTS) is 1. The third kappa shape index (κ3) is 5.35. The van der Waals surface area contributed by atoms with Gasteiger partial charge in [0, 0.05) is 18.6 Å². The summed E-state index contributed by atoms with van der Waals surface area (Å²) in [6.07, 6.45) is 2.65. The lowest BCUT2D eigenvalue weighted by Gasteiger charge is -2.21. The molecule has 2 aromatic rings. The Hall–Kier alpha value is -2.21. The number of nitrogens with zero attached hydrogens (tertiary/aromatic N) is 1. The van der Waals surface area contributed by atoms with Gasteiger partial charge in [-0.1, -0.05) is 48.5 Å². The van der Waals surface area contributed by atoms with Gasteiger partial charge in [-0.3, -0.25) is 9.69 Å². The second kappa shape index (κ2) is 9.11. The van der Waals surface area contributed by atoms with Crippen molar-refractivity contribution in [3.63, 3.8) is 0 Å². The minimum atomic E-state index is -0.856. The van der Waals surface area contributed by atoms with Gasteiger partial charge in [0.05, 0.1) is 25.2 Å². The van der Waals surface area contributed by atoms with Crippen LogP contribution in [0.4, 0.5) is 0 Å². The molecule has 0 bridgehead atoms. The Bertz CT molecular complexity index is 904. The largest absolute Gasteiger partial charge is 0.481 e. The number of ether oxygens (including phenoxy) is 1. The van der Waals surface area contributed by atoms with E-state index in [0.29, 0.717) is 12.5 Å². The van der Waals surface area contributed by atoms with Gasteiger partial charge in [0.15, 0.2) is 0 Å². The number of β-amino-alcohol motifs (C(OH)–C–C–N with tert-alkyl or cyclic N) is 1. The van der Waals surface area contributed by atoms with Crippen molar-refractivity contribution in [2.75, 3.05) is 19.7 Å². The molecule has 0 saturated carbocycles. The van der Waals surface area contributed by atoms with Crippen LogP contribution in [-0.2, 0) is 28.8 Å². The molecule has 0 radical (unpaired) electrons. The van der Waals surface area contributed by atoms with Crippen molar-refractivity contribution in [1.29, 1.82) is 0 Å². The molecule has 5 heteroatoms. The first kappa shape index (κ1) is 22.0. The normalized spacial score (nSPS) is 24.5. The highest BCUT2D eigenvalue weighted by molar-refractivity contribution is 5.70. The van der Waals surface area contributed by atoms with E-state index < -0.39 is 12.1 Å². The summed E-state index contributed by atoms with van der Waals surface area (Å²) < 4.78 is 5.92. The molecule has 0 aromatic heterocycles. The molecule has 1 aliphatic carbocycles. The Morgan fingerprint density at radius 1 is 1.16 bits per heavy atom. The maximum Gasteiger partial charge on any atom is 0.307 e. The molecule has 0 spiro atoms. The van der Waals surface area contributed by atoms with Gasteiger partial charge in [-0.25, -0.2) is 0 Å². The van der Waals surface area contributed by atoms with Gasteiger partial charge in [-0.05, 0) is 61.3 Å². The van der Waals surface area contributed by atoms with Gasteiger partial charge in [0.25, 0.3) is 0 Å². The van der Waals surface area contributed by atoms with Crippen molar-refractivity contribution >= 4 is 5.97 Å². The lowest BCUT2D eigenvalue weighted by molar-refractivity contribution is -0.136. The Kier molecular flexibility index (Phi) is 6.47. The maximum atomic E-state index is 11.1. The smallest absolute Gasteiger partial charge is 0.307 e. The van der Waals surface area contributed by atoms with Crippen LogP contribution in [0.15, 0.2) is 48.5 Å². The first-order valence-electron chi connectivity index (χ1n) is 11.2. The van der Waals surface area contributed by atoms with E-state index in [1.54, 1.807) is 0 Å². The standard InChI is InChI=1S/C26H33NO4/c1-18(24-10-6-5-9-22(24)13-25(29)30)31-16-23(28)15-27-17-26(27,2)14-19-11-20-7-3-4-8-21(20)12-19/h3-10,18-19,23,28H,11-17H2,1-2H3,(H,29,30)/t18-,23-,26?,27?/m1/s1. The molecule has 166 valence electrons. The van der Waals surface area contributed by atoms with E-state index in [2.05, 4.69) is 36.1 Å². The van der Waals surface area contributed by atoms with Gasteiger partial charge in [0.2, 0.25) is 0 Å². The highest BCUT2D eigenvalue weighted by atomic mass is 16.5. The average Bonchev–Trinajstić information content (AvgIpc) is 3.16. The Labute approximate surface area is 184 Å². The van der Waals surface area contributed by atoms with Gasteiger partial charge in [-0.15, -0.1) is 0 Å². The first-order chi connectivity index (χ1) is 14.8. The molecule has 0 amide bonds. The fourth-order valence-corrected chi connectivity index (χ4v) is 5.18. The van der Waals surface area contributed by atoms with Crippen LogP contribution < -0.4 is 0 Å². The van der Waals surface area contributed by atoms with Crippen LogP contribution in [-0.4, -0.2) is 52.4 Å². The number of aliphatic hydroxyl groups excluding tert-OH is 1. The van der Waals surface area contributed by atoms with Crippen LogP contribution in [0.5, 0.6) is 0 Å². The summed E-state index contributed by atoms with van der Waals surface area (Å²) in [5.41, 5.74) is 4.79. The minimum Gasteiger partial charge on any atom is -0.481 e. The lowest BCUT2D eigenvalue weighted by Crippen LogP contribution is -2.29. The molecule has 1 saturated heterocycles. The van der Waals surface area contributed by atoms with Crippen LogP contribution in [0.3, 0.4) is 0 Å². The number of hydrogen-bond donors (Lipinski definition) is 2. The van der Waals surface area contributed by atoms with E-state index in [1.165, 1.54) is 24.0 Å². The average molecular weight is 424 g/mol. The Balaban J connectivity index is 1.23. The molecule has 1 fully saturated rings. The third-order valence-electron chi connectivity index (χ3n) is 6.86. The number of fused-ring (bicyclic) bond motifs is 1. The zero-order valence-electron chi connectivity index (χ0n) is 18.5. The number of hydrogen-bond acceptors (Lipinski definition) is 4. The fourth-order valence-electron chi connectivity index (χ4n) is 5.18. The minimum absolute atomic E-state index is 0.0242. The van der Waals surface area contributed by atoms with Crippen molar-refractivity contribution in [3.05, 3.63) is 70.8 Å². The quantitative estimate of drug-likeness (QED) is 0.571. The van der Waals surface area contributed by atoms with E-state index >= 15 is 0 Å². The zero-order chi connectivity index (χ0) is 22.0. The monoisotopic (exact) mass is 423 g/mol. The number of benzene rings is 2. The molecule has 4 rings (SSSR count). The van der Waals surface area contributed by atoms with Gasteiger partial charge in [-0.2, -0.15) is 0 Å². The number of carboxylic acids is 1. The molecule has 2 aromatic carbocycles. The maximum absolute atomic E-state index is 11.1. The summed E-state index contributed by atoms with van der Waals surface area (Å²) in [6, 6.07) is 16.2. The molecule has 2 N–H and O–H groups in total. The van der Waals surface area contributed by atoms with E-state index in [4.69, 9.17) is 9.84 Å². The second-order valence-corrected chi connectivity index (χ2v) is 9.52. The Morgan fingerprint density at radius 2 is 1.81 bits per heavy atom. The van der Waals surface area contributed by atoms with Gasteiger partial charge < -0.3 is 14.9 Å². The van der Waals surface area contributed by atoms with Crippen LogP contribution >= 0.6 is 0 Å². The van der Waals surface area contributed by atoms with E-state index in [1.807, 2.05) is 31.2 Å². The third-order valence-corrected chi connectivity index (χ3v) is 6.86. The molecular formula is C26H33NO4. The summed E-state index contributed by atoms with van der Waals surface area (Å²) in [4.78, 5) is 13.5. The molecule has 31 heavy (non-hydrogen) atoms. The van der Waals surface area contributed by atoms with Crippen LogP contribution in [0.1, 0.15) is 48.6 Å². The number of carbonyl (C=O) groups is 1. The highest BCUT2D eigenvalue weighted by Crippen LogP contribution is 2.41. The van der Waals surface area contributed by atoms with Crippen molar-refractivity contribution in [2.45, 2.75) is 57.3 Å². The zero-order valence-corrected chi connectivity index (χ0v) is 18.5. The summed E-state index contributed by atoms with van der Waals surface area (Å²) in [5.74, 6) is -0.169. The Morgan fingerprint density at radius 3 is 2.48 bits per heavy atom. The predicted octanol–water partition coefficient (Wildman–Crippen LogP) is 3.63. The van der Waals surface area contributed by atoms with Crippen LogP contribution in [0, 0.1) is 5.92 Å². The summed E-state index contributed by atoms with van der Waals surface area (Å²) in [7, 11) is 0. The molecule has 4 atom stereocenters. The molecule has 1 aliphatic heterocycles. The van der Waals surface area contributed by atoms with E-state index in [9.17, 15) is 9.90 Å². The molecule has 5 nitrogen and oxygen atoms in total. The van der Waals surface area contributed by atoms with E-state index in [-0.39, 0.29) is 24.7 Å². The highest BCUT2D eigenvalue weighted by Gasteiger charge is 2.49. The molecule has 2 aliphatic rings.